The van der Waals surface area contributed by atoms with Gasteiger partial charge in [0.2, 0.25) is 11.8 Å². The minimum atomic E-state index is -0.463. The van der Waals surface area contributed by atoms with E-state index in [9.17, 15) is 9.59 Å². The lowest BCUT2D eigenvalue weighted by Gasteiger charge is -2.43. The van der Waals surface area contributed by atoms with E-state index >= 15 is 0 Å². The van der Waals surface area contributed by atoms with Gasteiger partial charge in [-0.05, 0) is 37.1 Å². The number of amides is 2. The molecule has 9 heteroatoms. The van der Waals surface area contributed by atoms with Crippen LogP contribution in [-0.2, 0) is 20.9 Å². The Balaban J connectivity index is 1.48. The zero-order valence-electron chi connectivity index (χ0n) is 18.1. The number of aromatic nitrogens is 2. The van der Waals surface area contributed by atoms with Gasteiger partial charge in [0.25, 0.3) is 0 Å². The first kappa shape index (κ1) is 22.6. The molecule has 0 aliphatic carbocycles. The number of carbonyl (C=O) groups is 2. The molecule has 2 aliphatic rings. The first-order chi connectivity index (χ1) is 15.5. The molecule has 2 amide bonds. The fraction of sp³-hybridized carbons (Fsp3) is 0.522. The number of piperidine rings is 1. The number of carbonyl (C=O) groups excluding carboxylic acids is 2. The van der Waals surface area contributed by atoms with Crippen LogP contribution in [0.4, 0.5) is 0 Å². The van der Waals surface area contributed by atoms with E-state index in [4.69, 9.17) is 21.1 Å². The molecule has 0 radical (unpaired) electrons. The van der Waals surface area contributed by atoms with Crippen LogP contribution in [0, 0.1) is 5.41 Å². The molecule has 4 rings (SSSR count). The highest BCUT2D eigenvalue weighted by Crippen LogP contribution is 2.36. The molecule has 0 saturated carbocycles. The molecule has 0 N–H and O–H groups in total. The molecular formula is C23H29ClN4O4. The lowest BCUT2D eigenvalue weighted by atomic mass is 9.77. The fourth-order valence-electron chi connectivity index (χ4n) is 4.41. The van der Waals surface area contributed by atoms with Gasteiger partial charge in [0.05, 0.1) is 19.8 Å². The number of benzene rings is 1. The Morgan fingerprint density at radius 2 is 1.97 bits per heavy atom. The van der Waals surface area contributed by atoms with Crippen molar-refractivity contribution in [2.45, 2.75) is 25.8 Å². The Bertz CT molecular complexity index is 916. The Morgan fingerprint density at radius 1 is 1.12 bits per heavy atom. The zero-order valence-corrected chi connectivity index (χ0v) is 18.9. The number of rotatable bonds is 7. The van der Waals surface area contributed by atoms with Crippen LogP contribution in [0.15, 0.2) is 42.7 Å². The predicted molar refractivity (Wildman–Crippen MR) is 119 cm³/mol. The first-order valence-electron chi connectivity index (χ1n) is 11.0. The standard InChI is InChI=1S/C23H29ClN4O4/c24-19-4-1-5-20(14-19)32-18-23(15-21(29)26-10-12-31-13-11-26)6-2-8-27(17-23)22(30)16-28-9-3-7-25-28/h1,3-5,7,9,14H,2,6,8,10-13,15-18H2. The van der Waals surface area contributed by atoms with Crippen LogP contribution in [0.25, 0.3) is 0 Å². The Labute approximate surface area is 193 Å². The van der Waals surface area contributed by atoms with Crippen molar-refractivity contribution in [3.8, 4) is 5.75 Å². The normalized spacial score (nSPS) is 21.4. The lowest BCUT2D eigenvalue weighted by Crippen LogP contribution is -2.52. The average Bonchev–Trinajstić information content (AvgIpc) is 3.32. The van der Waals surface area contributed by atoms with E-state index in [1.54, 1.807) is 35.3 Å². The molecule has 1 unspecified atom stereocenters. The second kappa shape index (κ2) is 10.4. The van der Waals surface area contributed by atoms with Crippen LogP contribution in [-0.4, -0.2) is 77.4 Å². The van der Waals surface area contributed by atoms with Gasteiger partial charge in [-0.3, -0.25) is 14.3 Å². The molecule has 1 aromatic heterocycles. The quantitative estimate of drug-likeness (QED) is 0.634. The summed E-state index contributed by atoms with van der Waals surface area (Å²) in [5, 5.41) is 4.74. The molecule has 1 atom stereocenters. The molecule has 0 spiro atoms. The number of halogens is 1. The minimum Gasteiger partial charge on any atom is -0.493 e. The summed E-state index contributed by atoms with van der Waals surface area (Å²) < 4.78 is 13.1. The van der Waals surface area contributed by atoms with Gasteiger partial charge in [-0.15, -0.1) is 0 Å². The van der Waals surface area contributed by atoms with E-state index in [1.807, 2.05) is 21.9 Å². The van der Waals surface area contributed by atoms with E-state index in [-0.39, 0.29) is 18.4 Å². The third-order valence-corrected chi connectivity index (χ3v) is 6.34. The summed E-state index contributed by atoms with van der Waals surface area (Å²) >= 11 is 6.11. The van der Waals surface area contributed by atoms with Crippen molar-refractivity contribution in [3.63, 3.8) is 0 Å². The molecule has 172 valence electrons. The van der Waals surface area contributed by atoms with Gasteiger partial charge in [-0.2, -0.15) is 5.10 Å². The summed E-state index contributed by atoms with van der Waals surface area (Å²) in [4.78, 5) is 29.8. The summed E-state index contributed by atoms with van der Waals surface area (Å²) in [6, 6.07) is 9.05. The minimum absolute atomic E-state index is 0.000600. The van der Waals surface area contributed by atoms with Gasteiger partial charge in [0.15, 0.2) is 0 Å². The Hall–Kier alpha value is -2.58. The van der Waals surface area contributed by atoms with Gasteiger partial charge >= 0.3 is 0 Å². The van der Waals surface area contributed by atoms with Gasteiger partial charge in [-0.25, -0.2) is 0 Å². The van der Waals surface area contributed by atoms with E-state index in [0.717, 1.165) is 12.8 Å². The summed E-state index contributed by atoms with van der Waals surface area (Å²) in [6.07, 6.45) is 5.40. The summed E-state index contributed by atoms with van der Waals surface area (Å²) in [6.45, 7) is 4.01. The number of hydrogen-bond donors (Lipinski definition) is 0. The van der Waals surface area contributed by atoms with Crippen LogP contribution >= 0.6 is 11.6 Å². The van der Waals surface area contributed by atoms with Gasteiger partial charge < -0.3 is 19.3 Å². The van der Waals surface area contributed by atoms with Crippen molar-refractivity contribution < 1.29 is 19.1 Å². The van der Waals surface area contributed by atoms with Crippen LogP contribution < -0.4 is 4.74 Å². The van der Waals surface area contributed by atoms with E-state index < -0.39 is 5.41 Å². The van der Waals surface area contributed by atoms with Crippen molar-refractivity contribution in [1.82, 2.24) is 19.6 Å². The van der Waals surface area contributed by atoms with Crippen LogP contribution in [0.3, 0.4) is 0 Å². The van der Waals surface area contributed by atoms with Crippen molar-refractivity contribution >= 4 is 23.4 Å². The van der Waals surface area contributed by atoms with Crippen molar-refractivity contribution in [1.29, 1.82) is 0 Å². The van der Waals surface area contributed by atoms with Crippen LogP contribution in [0.5, 0.6) is 5.75 Å². The summed E-state index contributed by atoms with van der Waals surface area (Å²) in [5.41, 5.74) is -0.463. The first-order valence-corrected chi connectivity index (χ1v) is 11.4. The number of morpholine rings is 1. The Morgan fingerprint density at radius 3 is 2.72 bits per heavy atom. The predicted octanol–water partition coefficient (Wildman–Crippen LogP) is 2.47. The molecule has 8 nitrogen and oxygen atoms in total. The smallest absolute Gasteiger partial charge is 0.244 e. The molecular weight excluding hydrogens is 432 g/mol. The van der Waals surface area contributed by atoms with E-state index in [2.05, 4.69) is 5.10 Å². The molecule has 2 aliphatic heterocycles. The van der Waals surface area contributed by atoms with Crippen LogP contribution in [0.1, 0.15) is 19.3 Å². The highest BCUT2D eigenvalue weighted by atomic mass is 35.5. The third kappa shape index (κ3) is 5.81. The third-order valence-electron chi connectivity index (χ3n) is 6.10. The lowest BCUT2D eigenvalue weighted by molar-refractivity contribution is -0.144. The molecule has 32 heavy (non-hydrogen) atoms. The second-order valence-electron chi connectivity index (χ2n) is 8.54. The van der Waals surface area contributed by atoms with Gasteiger partial charge in [-0.1, -0.05) is 17.7 Å². The molecule has 2 aromatic rings. The van der Waals surface area contributed by atoms with Gasteiger partial charge in [0, 0.05) is 55.4 Å². The number of nitrogens with zero attached hydrogens (tertiary/aromatic N) is 4. The average molecular weight is 461 g/mol. The SMILES string of the molecule is O=C(CC1(COc2cccc(Cl)c2)CCCN(C(=O)Cn2cccn2)C1)N1CCOCC1. The number of ether oxygens (including phenoxy) is 2. The fourth-order valence-corrected chi connectivity index (χ4v) is 4.59. The maximum Gasteiger partial charge on any atom is 0.244 e. The van der Waals surface area contributed by atoms with Crippen molar-refractivity contribution in [2.75, 3.05) is 46.0 Å². The van der Waals surface area contributed by atoms with Crippen molar-refractivity contribution in [2.24, 2.45) is 5.41 Å². The maximum absolute atomic E-state index is 13.1. The largest absolute Gasteiger partial charge is 0.493 e. The highest BCUT2D eigenvalue weighted by Gasteiger charge is 2.41. The van der Waals surface area contributed by atoms with Gasteiger partial charge in [0.1, 0.15) is 12.3 Å². The van der Waals surface area contributed by atoms with Crippen LogP contribution in [0.2, 0.25) is 5.02 Å². The Kier molecular flexibility index (Phi) is 7.32. The molecule has 0 bridgehead atoms. The molecule has 2 saturated heterocycles. The van der Waals surface area contributed by atoms with E-state index in [0.29, 0.717) is 63.2 Å². The molecule has 2 fully saturated rings. The molecule has 1 aromatic carbocycles. The number of hydrogen-bond acceptors (Lipinski definition) is 5. The summed E-state index contributed by atoms with van der Waals surface area (Å²) in [7, 11) is 0. The highest BCUT2D eigenvalue weighted by molar-refractivity contribution is 6.30. The second-order valence-corrected chi connectivity index (χ2v) is 8.97. The molecule has 3 heterocycles. The zero-order chi connectivity index (χ0) is 22.4. The number of likely N-dealkylation sites (tertiary alicyclic amines) is 1. The maximum atomic E-state index is 13.1. The topological polar surface area (TPSA) is 76.9 Å². The van der Waals surface area contributed by atoms with E-state index in [1.165, 1.54) is 0 Å². The summed E-state index contributed by atoms with van der Waals surface area (Å²) in [5.74, 6) is 0.749. The monoisotopic (exact) mass is 460 g/mol. The van der Waals surface area contributed by atoms with Crippen molar-refractivity contribution in [3.05, 3.63) is 47.7 Å².